The molecule has 20 N–H and O–H groups in total. The van der Waals surface area contributed by atoms with E-state index >= 15 is 14.4 Å². The molecule has 32 heteroatoms. The van der Waals surface area contributed by atoms with Crippen molar-refractivity contribution in [2.75, 3.05) is 20.2 Å². The van der Waals surface area contributed by atoms with Gasteiger partial charge in [0.15, 0.2) is 11.5 Å². The highest BCUT2D eigenvalue weighted by Gasteiger charge is 2.47. The normalized spacial score (nSPS) is 24.3. The third-order valence-electron chi connectivity index (χ3n) is 18.9. The van der Waals surface area contributed by atoms with Gasteiger partial charge in [0.1, 0.15) is 95.5 Å². The molecule has 11 rings (SSSR count). The number of likely N-dealkylation sites (N-methyl/N-ethyl adjacent to an activating group) is 1. The summed E-state index contributed by atoms with van der Waals surface area (Å²) >= 11 is 14.2. The summed E-state index contributed by atoms with van der Waals surface area (Å²) in [7, 11) is 1.50. The number of hydrogen-bond donors (Lipinski definition) is 18. The van der Waals surface area contributed by atoms with Gasteiger partial charge in [-0.2, -0.15) is 0 Å². The standard InChI is InChI=1S/C73H92Cl2N10O20/c1-5-6-7-8-9-10-11-12-13-14-15-16-23-79-60-64(94)63(93)52(33-86)104-73(60)105-65-50-28-38-29-51(65)103-49-22-19-37(27-43(49)75)62(92)59-72(101)83-57(66(77)95)41-30-39(87)31-47(89)54(41)40-25-35(17-20-46(40)88)55(69(98)85-59)82-70(99)56(38)81-68(97)45(32-53(76)90)80-71(100)58(84-67(96)44(78-4)24-34(2)3)61(91)36-18-21-48(102-50)42(74)26-36/h17-22,25-31,34,44-45,52,55-64,73,78-79,86-89,91-94H,5-16,23-24,32-33H2,1-4H3,(H2,76,90)(H2,77,95)(H,80,100)(H,81,97)(H,82,99)(H,83,101)(H,84,96)(H,85,98)/t44-,45+,52-,55-,56-,57?,58-,59+,60-,61-,62-,63-,64-,73+/m1/s1. The summed E-state index contributed by atoms with van der Waals surface area (Å²) in [6, 6.07) is -0.405. The Morgan fingerprint density at radius 2 is 1.19 bits per heavy atom. The van der Waals surface area contributed by atoms with E-state index in [2.05, 4.69) is 49.5 Å². The second kappa shape index (κ2) is 36.3. The fourth-order valence-electron chi connectivity index (χ4n) is 13.2. The Morgan fingerprint density at radius 1 is 0.619 bits per heavy atom. The Morgan fingerprint density at radius 3 is 1.76 bits per heavy atom. The van der Waals surface area contributed by atoms with Crippen LogP contribution in [-0.2, 0) is 43.1 Å². The van der Waals surface area contributed by atoms with Gasteiger partial charge in [0, 0.05) is 17.2 Å². The van der Waals surface area contributed by atoms with Crippen molar-refractivity contribution in [1.82, 2.24) is 42.5 Å². The van der Waals surface area contributed by atoms with Gasteiger partial charge in [0.05, 0.1) is 35.2 Å². The molecule has 0 aromatic heterocycles. The zero-order valence-electron chi connectivity index (χ0n) is 58.4. The number of phenols is 3. The first-order valence-corrected chi connectivity index (χ1v) is 35.8. The Labute approximate surface area is 615 Å². The number of nitrogens with two attached hydrogens (primary N) is 2. The number of hydrogen-bond acceptors (Lipinski definition) is 22. The lowest BCUT2D eigenvalue weighted by Gasteiger charge is -2.42. The Balaban J connectivity index is 1.25. The number of fused-ring (bicyclic) bond motifs is 15. The summed E-state index contributed by atoms with van der Waals surface area (Å²) in [6.45, 7) is 5.27. The number of aliphatic hydroxyl groups excluding tert-OH is 5. The zero-order valence-corrected chi connectivity index (χ0v) is 59.9. The molecule has 0 spiro atoms. The van der Waals surface area contributed by atoms with Crippen LogP contribution in [0.1, 0.15) is 169 Å². The summed E-state index contributed by atoms with van der Waals surface area (Å²) in [5.74, 6) is -14.2. The lowest BCUT2D eigenvalue weighted by Crippen LogP contribution is -2.64. The molecule has 1 saturated heterocycles. The molecule has 105 heavy (non-hydrogen) atoms. The molecule has 0 aliphatic carbocycles. The second-order valence-corrected chi connectivity index (χ2v) is 27.9. The molecule has 1 fully saturated rings. The van der Waals surface area contributed by atoms with Gasteiger partial charge >= 0.3 is 0 Å². The number of halogens is 2. The minimum absolute atomic E-state index is 0.0723. The number of unbranched alkanes of at least 4 members (excludes halogenated alkanes) is 11. The van der Waals surface area contributed by atoms with Crippen molar-refractivity contribution in [3.63, 3.8) is 0 Å². The first-order valence-electron chi connectivity index (χ1n) is 35.1. The highest BCUT2D eigenvalue weighted by atomic mass is 35.5. The van der Waals surface area contributed by atoms with Crippen molar-refractivity contribution in [1.29, 1.82) is 0 Å². The van der Waals surface area contributed by atoms with Crippen LogP contribution in [-0.4, -0.2) is 163 Å². The smallest absolute Gasteiger partial charge is 0.248 e. The summed E-state index contributed by atoms with van der Waals surface area (Å²) in [5, 5.41) is 113. The maximum atomic E-state index is 16.1. The molecule has 1 unspecified atom stereocenters. The summed E-state index contributed by atoms with van der Waals surface area (Å²) in [4.78, 5) is 117. The minimum atomic E-state index is -2.26. The number of aromatic hydroxyl groups is 3. The predicted octanol–water partition coefficient (Wildman–Crippen LogP) is 4.57. The summed E-state index contributed by atoms with van der Waals surface area (Å²) < 4.78 is 26.5. The number of aliphatic hydroxyl groups is 5. The molecule has 6 aliphatic heterocycles. The highest BCUT2D eigenvalue weighted by Crippen LogP contribution is 2.49. The number of primary amides is 2. The average molecular weight is 1500 g/mol. The van der Waals surface area contributed by atoms with Gasteiger partial charge in [0.25, 0.3) is 0 Å². The monoisotopic (exact) mass is 1500 g/mol. The van der Waals surface area contributed by atoms with Gasteiger partial charge in [-0.05, 0) is 115 Å². The van der Waals surface area contributed by atoms with Crippen molar-refractivity contribution < 1.29 is 98.2 Å². The number of rotatable bonds is 25. The zero-order chi connectivity index (χ0) is 76.1. The van der Waals surface area contributed by atoms with E-state index in [1.54, 1.807) is 0 Å². The van der Waals surface area contributed by atoms with Crippen LogP contribution in [0.3, 0.4) is 0 Å². The van der Waals surface area contributed by atoms with E-state index in [9.17, 15) is 64.8 Å². The third-order valence-corrected chi connectivity index (χ3v) is 19.5. The molecule has 568 valence electrons. The number of nitrogens with one attached hydrogen (secondary N) is 8. The van der Waals surface area contributed by atoms with Crippen LogP contribution in [0.5, 0.6) is 46.0 Å². The molecule has 0 radical (unpaired) electrons. The van der Waals surface area contributed by atoms with Crippen LogP contribution >= 0.6 is 23.2 Å². The fourth-order valence-corrected chi connectivity index (χ4v) is 13.7. The molecule has 0 saturated carbocycles. The predicted molar refractivity (Wildman–Crippen MR) is 381 cm³/mol. The topological polar surface area (TPSA) is 484 Å². The minimum Gasteiger partial charge on any atom is -0.508 e. The Kier molecular flexibility index (Phi) is 27.6. The van der Waals surface area contributed by atoms with Crippen LogP contribution in [0, 0.1) is 5.92 Å². The summed E-state index contributed by atoms with van der Waals surface area (Å²) in [6.07, 6.45) is 1.12. The van der Waals surface area contributed by atoms with Crippen LogP contribution in [0.25, 0.3) is 11.1 Å². The van der Waals surface area contributed by atoms with Gasteiger partial charge in [0.2, 0.25) is 59.3 Å². The van der Waals surface area contributed by atoms with Crippen molar-refractivity contribution in [3.8, 4) is 57.1 Å². The van der Waals surface area contributed by atoms with E-state index in [4.69, 9.17) is 53.6 Å². The molecular weight excluding hydrogens is 1410 g/mol. The lowest BCUT2D eigenvalue weighted by atomic mass is 9.89. The number of phenolic OH excluding ortho intramolecular Hbond substituents is 3. The van der Waals surface area contributed by atoms with Crippen LogP contribution in [0.15, 0.2) is 78.9 Å². The van der Waals surface area contributed by atoms with Gasteiger partial charge in [-0.3, -0.25) is 38.4 Å². The molecule has 30 nitrogen and oxygen atoms in total. The number of benzene rings is 5. The molecule has 11 bridgehead atoms. The largest absolute Gasteiger partial charge is 0.508 e. The molecule has 5 aromatic carbocycles. The lowest BCUT2D eigenvalue weighted by molar-refractivity contribution is -0.245. The van der Waals surface area contributed by atoms with Crippen molar-refractivity contribution in [2.24, 2.45) is 17.4 Å². The van der Waals surface area contributed by atoms with E-state index in [0.717, 1.165) is 87.1 Å². The quantitative estimate of drug-likeness (QED) is 0.0356. The summed E-state index contributed by atoms with van der Waals surface area (Å²) in [5.41, 5.74) is 9.46. The van der Waals surface area contributed by atoms with E-state index in [1.807, 2.05) is 13.8 Å². The van der Waals surface area contributed by atoms with Crippen LogP contribution in [0.4, 0.5) is 0 Å². The van der Waals surface area contributed by atoms with Crippen molar-refractivity contribution >= 4 is 70.5 Å². The SMILES string of the molecule is CCCCCCCCCCCCCCN[C@H]1[C@H](Oc2c3cc4cc2Oc2ccc(cc2Cl)[C@@H](O)[C@@H](NC(=O)[C@@H](CC(C)C)NC)C(=O)N[C@@H](CC(N)=O)C(=O)N[C@H]4C(=O)N[C@H]2C(=O)N[C@H](C(=O)NC(C(N)=O)c4cc(O)cc(O)c4-c4cc2ccc4O)[C@H](O)c2ccc(c(Cl)c2)O3)O[C@H](CO)[C@@H](O)[C@@H]1O. The van der Waals surface area contributed by atoms with Gasteiger partial charge in [-0.25, -0.2) is 0 Å². The first-order chi connectivity index (χ1) is 50.1. The maximum absolute atomic E-state index is 16.1. The molecular formula is C73H92Cl2N10O20. The molecule has 8 amide bonds. The Bertz CT molecular complexity index is 4000. The number of carbonyl (C=O) groups excluding carboxylic acids is 8. The Hall–Kier alpha value is -9.08. The second-order valence-electron chi connectivity index (χ2n) is 27.1. The third kappa shape index (κ3) is 19.5. The van der Waals surface area contributed by atoms with Crippen molar-refractivity contribution in [2.45, 2.75) is 196 Å². The van der Waals surface area contributed by atoms with Gasteiger partial charge in [-0.1, -0.05) is 133 Å². The molecule has 5 aromatic rings. The van der Waals surface area contributed by atoms with E-state index in [0.29, 0.717) is 6.42 Å². The number of amides is 8. The van der Waals surface area contributed by atoms with Crippen LogP contribution in [0.2, 0.25) is 10.0 Å². The van der Waals surface area contributed by atoms with E-state index in [-0.39, 0.29) is 68.2 Å². The average Bonchev–Trinajstić information content (AvgIpc) is 0.768. The number of carbonyl (C=O) groups is 8. The van der Waals surface area contributed by atoms with E-state index < -0.39 is 191 Å². The van der Waals surface area contributed by atoms with Crippen LogP contribution < -0.4 is 68.2 Å². The maximum Gasteiger partial charge on any atom is 0.248 e. The molecule has 6 heterocycles. The molecule has 6 aliphatic rings. The highest BCUT2D eigenvalue weighted by molar-refractivity contribution is 6.32. The fraction of sp³-hybridized carbons (Fsp3) is 0.479. The number of ether oxygens (including phenoxy) is 4. The molecule has 14 atom stereocenters. The van der Waals surface area contributed by atoms with Gasteiger partial charge in [-0.15, -0.1) is 0 Å². The van der Waals surface area contributed by atoms with Crippen molar-refractivity contribution in [3.05, 3.63) is 117 Å². The van der Waals surface area contributed by atoms with E-state index in [1.165, 1.54) is 69.5 Å². The van der Waals surface area contributed by atoms with Gasteiger partial charge < -0.3 is 114 Å². The first kappa shape index (κ1) is 80.0.